The second-order valence-corrected chi connectivity index (χ2v) is 6.86. The number of methoxy groups -OCH3 is 1. The molecule has 4 rings (SSSR count). The molecule has 28 heavy (non-hydrogen) atoms. The predicted molar refractivity (Wildman–Crippen MR) is 106 cm³/mol. The van der Waals surface area contributed by atoms with Crippen LogP contribution in [-0.4, -0.2) is 46.0 Å². The first-order valence-electron chi connectivity index (χ1n) is 9.41. The Balaban J connectivity index is 1.50. The van der Waals surface area contributed by atoms with E-state index in [0.717, 1.165) is 36.3 Å². The number of nitrogens with zero attached hydrogens (tertiary/aromatic N) is 4. The average Bonchev–Trinajstić information content (AvgIpc) is 2.79. The number of piperidine rings is 1. The summed E-state index contributed by atoms with van der Waals surface area (Å²) in [5, 5.41) is 0. The van der Waals surface area contributed by atoms with Crippen molar-refractivity contribution in [1.82, 2.24) is 19.9 Å². The topological polar surface area (TPSA) is 68.2 Å². The van der Waals surface area contributed by atoms with Crippen molar-refractivity contribution >= 4 is 5.91 Å². The number of carbonyl (C=O) groups is 1. The summed E-state index contributed by atoms with van der Waals surface area (Å²) in [5.74, 6) is 1.03. The van der Waals surface area contributed by atoms with E-state index in [-0.39, 0.29) is 11.8 Å². The largest absolute Gasteiger partial charge is 0.494 e. The average molecular weight is 374 g/mol. The molecule has 0 bridgehead atoms. The lowest BCUT2D eigenvalue weighted by Gasteiger charge is -2.32. The SMILES string of the molecule is COc1cccnc1-c1ccc(C(=O)N2CCC[C@H](c3ccncn3)C2)cc1. The minimum atomic E-state index is 0.0540. The van der Waals surface area contributed by atoms with E-state index in [1.807, 2.05) is 47.4 Å². The van der Waals surface area contributed by atoms with Gasteiger partial charge in [-0.15, -0.1) is 0 Å². The van der Waals surface area contributed by atoms with Crippen LogP contribution in [0.1, 0.15) is 34.8 Å². The number of aromatic nitrogens is 3. The lowest BCUT2D eigenvalue weighted by atomic mass is 9.94. The van der Waals surface area contributed by atoms with Crippen molar-refractivity contribution in [2.24, 2.45) is 0 Å². The molecule has 1 amide bonds. The minimum Gasteiger partial charge on any atom is -0.494 e. The van der Waals surface area contributed by atoms with Crippen LogP contribution in [0.5, 0.6) is 5.75 Å². The maximum Gasteiger partial charge on any atom is 0.253 e. The summed E-state index contributed by atoms with van der Waals surface area (Å²) >= 11 is 0. The molecule has 1 fully saturated rings. The number of carbonyl (C=O) groups excluding carboxylic acids is 1. The van der Waals surface area contributed by atoms with Crippen LogP contribution in [0.15, 0.2) is 61.2 Å². The first-order chi connectivity index (χ1) is 13.8. The Bertz CT molecular complexity index is 944. The van der Waals surface area contributed by atoms with Crippen LogP contribution in [0.25, 0.3) is 11.3 Å². The smallest absolute Gasteiger partial charge is 0.253 e. The highest BCUT2D eigenvalue weighted by Gasteiger charge is 2.26. The van der Waals surface area contributed by atoms with Crippen molar-refractivity contribution < 1.29 is 9.53 Å². The summed E-state index contributed by atoms with van der Waals surface area (Å²) in [7, 11) is 1.63. The van der Waals surface area contributed by atoms with Crippen LogP contribution in [0, 0.1) is 0 Å². The molecule has 3 heterocycles. The molecule has 1 saturated heterocycles. The Kier molecular flexibility index (Phi) is 5.28. The van der Waals surface area contributed by atoms with E-state index in [9.17, 15) is 4.79 Å². The van der Waals surface area contributed by atoms with Gasteiger partial charge in [0.2, 0.25) is 0 Å². The van der Waals surface area contributed by atoms with Crippen LogP contribution >= 0.6 is 0 Å². The van der Waals surface area contributed by atoms with Gasteiger partial charge in [-0.1, -0.05) is 12.1 Å². The number of hydrogen-bond donors (Lipinski definition) is 0. The standard InChI is InChI=1S/C22H22N4O2/c1-28-20-5-2-11-24-21(20)16-6-8-17(9-7-16)22(27)26-13-3-4-18(14-26)19-10-12-23-15-25-19/h2,5-12,15,18H,3-4,13-14H2,1H3/t18-/m0/s1. The molecular weight excluding hydrogens is 352 g/mol. The molecule has 0 saturated carbocycles. The molecule has 3 aromatic rings. The first kappa shape index (κ1) is 18.1. The third kappa shape index (κ3) is 3.71. The van der Waals surface area contributed by atoms with E-state index in [1.165, 1.54) is 0 Å². The normalized spacial score (nSPS) is 16.6. The van der Waals surface area contributed by atoms with E-state index < -0.39 is 0 Å². The number of pyridine rings is 1. The zero-order valence-corrected chi connectivity index (χ0v) is 15.8. The number of amides is 1. The summed E-state index contributed by atoms with van der Waals surface area (Å²) in [6.07, 6.45) is 7.08. The zero-order valence-electron chi connectivity index (χ0n) is 15.8. The van der Waals surface area contributed by atoms with Gasteiger partial charge in [0.1, 0.15) is 17.8 Å². The minimum absolute atomic E-state index is 0.0540. The monoisotopic (exact) mass is 374 g/mol. The van der Waals surface area contributed by atoms with Gasteiger partial charge >= 0.3 is 0 Å². The van der Waals surface area contributed by atoms with E-state index in [1.54, 1.807) is 25.8 Å². The molecule has 1 atom stereocenters. The van der Waals surface area contributed by atoms with Crippen LogP contribution in [0.4, 0.5) is 0 Å². The maximum absolute atomic E-state index is 13.0. The Morgan fingerprint density at radius 1 is 1.11 bits per heavy atom. The van der Waals surface area contributed by atoms with Gasteiger partial charge in [0.05, 0.1) is 7.11 Å². The highest BCUT2D eigenvalue weighted by Crippen LogP contribution is 2.29. The van der Waals surface area contributed by atoms with Crippen LogP contribution in [0.2, 0.25) is 0 Å². The molecule has 1 aliphatic rings. The van der Waals surface area contributed by atoms with Gasteiger partial charge < -0.3 is 9.64 Å². The molecule has 142 valence electrons. The second kappa shape index (κ2) is 8.17. The van der Waals surface area contributed by atoms with Gasteiger partial charge in [-0.05, 0) is 43.2 Å². The lowest BCUT2D eigenvalue weighted by molar-refractivity contribution is 0.0706. The van der Waals surface area contributed by atoms with Crippen molar-refractivity contribution in [3.05, 3.63) is 72.4 Å². The highest BCUT2D eigenvalue weighted by molar-refractivity contribution is 5.94. The molecule has 0 N–H and O–H groups in total. The van der Waals surface area contributed by atoms with Crippen molar-refractivity contribution in [3.63, 3.8) is 0 Å². The number of hydrogen-bond acceptors (Lipinski definition) is 5. The molecule has 0 spiro atoms. The van der Waals surface area contributed by atoms with Crippen molar-refractivity contribution in [1.29, 1.82) is 0 Å². The molecule has 0 radical (unpaired) electrons. The van der Waals surface area contributed by atoms with Gasteiger partial charge in [-0.3, -0.25) is 9.78 Å². The van der Waals surface area contributed by atoms with Gasteiger partial charge in [0.15, 0.2) is 0 Å². The van der Waals surface area contributed by atoms with Crippen LogP contribution < -0.4 is 4.74 Å². The van der Waals surface area contributed by atoms with Crippen LogP contribution in [-0.2, 0) is 0 Å². The Morgan fingerprint density at radius 2 is 1.96 bits per heavy atom. The Morgan fingerprint density at radius 3 is 2.71 bits per heavy atom. The van der Waals surface area contributed by atoms with Gasteiger partial charge in [-0.2, -0.15) is 0 Å². The summed E-state index contributed by atoms with van der Waals surface area (Å²) < 4.78 is 5.38. The van der Waals surface area contributed by atoms with Gasteiger partial charge in [0.25, 0.3) is 5.91 Å². The quantitative estimate of drug-likeness (QED) is 0.698. The maximum atomic E-state index is 13.0. The Labute approximate surface area is 164 Å². The van der Waals surface area contributed by atoms with E-state index in [4.69, 9.17) is 4.74 Å². The summed E-state index contributed by atoms with van der Waals surface area (Å²) in [6, 6.07) is 13.2. The fourth-order valence-corrected chi connectivity index (χ4v) is 3.67. The molecule has 0 unspecified atom stereocenters. The van der Waals surface area contributed by atoms with Crippen molar-refractivity contribution in [2.75, 3.05) is 20.2 Å². The Hall–Kier alpha value is -3.28. The molecule has 1 aromatic carbocycles. The van der Waals surface area contributed by atoms with Gasteiger partial charge in [-0.25, -0.2) is 9.97 Å². The van der Waals surface area contributed by atoms with Gasteiger partial charge in [0, 0.05) is 48.2 Å². The van der Waals surface area contributed by atoms with E-state index >= 15 is 0 Å². The zero-order chi connectivity index (χ0) is 19.3. The number of likely N-dealkylation sites (tertiary alicyclic amines) is 1. The predicted octanol–water partition coefficient (Wildman–Crippen LogP) is 3.57. The molecule has 2 aromatic heterocycles. The fraction of sp³-hybridized carbons (Fsp3) is 0.273. The molecular formula is C22H22N4O2. The molecule has 1 aliphatic heterocycles. The summed E-state index contributed by atoms with van der Waals surface area (Å²) in [4.78, 5) is 27.7. The number of rotatable bonds is 4. The lowest BCUT2D eigenvalue weighted by Crippen LogP contribution is -2.39. The highest BCUT2D eigenvalue weighted by atomic mass is 16.5. The summed E-state index contributed by atoms with van der Waals surface area (Å²) in [6.45, 7) is 1.46. The van der Waals surface area contributed by atoms with Crippen LogP contribution in [0.3, 0.4) is 0 Å². The van der Waals surface area contributed by atoms with E-state index in [2.05, 4.69) is 15.0 Å². The molecule has 6 heteroatoms. The third-order valence-corrected chi connectivity index (χ3v) is 5.13. The number of benzene rings is 1. The molecule has 6 nitrogen and oxygen atoms in total. The van der Waals surface area contributed by atoms with Crippen molar-refractivity contribution in [3.8, 4) is 17.0 Å². The first-order valence-corrected chi connectivity index (χ1v) is 9.41. The fourth-order valence-electron chi connectivity index (χ4n) is 3.67. The number of ether oxygens (including phenoxy) is 1. The summed E-state index contributed by atoms with van der Waals surface area (Å²) in [5.41, 5.74) is 3.38. The van der Waals surface area contributed by atoms with Crippen molar-refractivity contribution in [2.45, 2.75) is 18.8 Å². The van der Waals surface area contributed by atoms with E-state index in [0.29, 0.717) is 17.9 Å². The second-order valence-electron chi connectivity index (χ2n) is 6.86. The molecule has 0 aliphatic carbocycles. The third-order valence-electron chi connectivity index (χ3n) is 5.13.